The zero-order chi connectivity index (χ0) is 15.7. The Bertz CT molecular complexity index is 787. The molecule has 5 heteroatoms. The second kappa shape index (κ2) is 5.56. The van der Waals surface area contributed by atoms with Crippen molar-refractivity contribution in [2.24, 2.45) is 0 Å². The summed E-state index contributed by atoms with van der Waals surface area (Å²) in [6, 6.07) is 15.6. The molecule has 106 valence electrons. The van der Waals surface area contributed by atoms with E-state index in [1.807, 2.05) is 24.8 Å². The summed E-state index contributed by atoms with van der Waals surface area (Å²) in [5.74, 6) is 0. The predicted octanol–water partition coefficient (Wildman–Crippen LogP) is 2.56. The van der Waals surface area contributed by atoms with Crippen LogP contribution < -0.4 is 10.4 Å². The molecule has 4 nitrogen and oxygen atoms in total. The minimum atomic E-state index is 0.121. The number of nitrogens with zero attached hydrogens (tertiary/aromatic N) is 3. The van der Waals surface area contributed by atoms with Crippen LogP contribution in [0, 0.1) is 22.7 Å². The maximum Gasteiger partial charge on any atom is 0.324 e. The first-order valence-corrected chi connectivity index (χ1v) is 7.07. The maximum absolute atomic E-state index is 9.32. The Morgan fingerprint density at radius 1 is 1.14 bits per heavy atom. The van der Waals surface area contributed by atoms with E-state index in [4.69, 9.17) is 4.65 Å². The number of benzene rings is 2. The van der Waals surface area contributed by atoms with Crippen LogP contribution in [0.3, 0.4) is 0 Å². The van der Waals surface area contributed by atoms with Crippen LogP contribution in [-0.2, 0) is 11.3 Å². The van der Waals surface area contributed by atoms with Gasteiger partial charge in [0.05, 0.1) is 23.4 Å². The Kier molecular flexibility index (Phi) is 3.59. The summed E-state index contributed by atoms with van der Waals surface area (Å²) in [5, 5.41) is 18.6. The smallest absolute Gasteiger partial charge is 0.324 e. The molecule has 2 aromatic carbocycles. The van der Waals surface area contributed by atoms with E-state index in [1.54, 1.807) is 18.2 Å². The van der Waals surface area contributed by atoms with Gasteiger partial charge in [-0.3, -0.25) is 0 Å². The fourth-order valence-electron chi connectivity index (χ4n) is 2.84. The minimum Gasteiger partial charge on any atom is -0.427 e. The lowest BCUT2D eigenvalue weighted by atomic mass is 9.64. The third kappa shape index (κ3) is 2.22. The van der Waals surface area contributed by atoms with E-state index in [2.05, 4.69) is 24.3 Å². The molecule has 22 heavy (non-hydrogen) atoms. The molecule has 0 radical (unpaired) electrons. The first-order chi connectivity index (χ1) is 10.7. The molecule has 0 aromatic heterocycles. The van der Waals surface area contributed by atoms with E-state index in [1.165, 1.54) is 5.46 Å². The highest BCUT2D eigenvalue weighted by atomic mass is 16.4. The Morgan fingerprint density at radius 2 is 1.82 bits per heavy atom. The summed E-state index contributed by atoms with van der Waals surface area (Å²) < 4.78 is 5.63. The monoisotopic (exact) mass is 287 g/mol. The third-order valence-electron chi connectivity index (χ3n) is 4.05. The van der Waals surface area contributed by atoms with Crippen molar-refractivity contribution in [2.45, 2.75) is 13.4 Å². The number of anilines is 2. The lowest BCUT2D eigenvalue weighted by Gasteiger charge is -2.22. The average Bonchev–Trinajstić information content (AvgIpc) is 2.94. The number of hydrogen-bond acceptors (Lipinski definition) is 4. The van der Waals surface area contributed by atoms with Gasteiger partial charge in [0.1, 0.15) is 12.1 Å². The highest BCUT2D eigenvalue weighted by Crippen LogP contribution is 2.31. The van der Waals surface area contributed by atoms with Crippen LogP contribution in [-0.4, -0.2) is 14.0 Å². The largest absolute Gasteiger partial charge is 0.427 e. The first kappa shape index (κ1) is 14.2. The molecule has 0 saturated heterocycles. The molecule has 1 aliphatic heterocycles. The standard InChI is InChI=1S/C17H14BN3O/c1-18-16-7-6-15(8-14(16)11-22-18)21(2)17-12(9-19)4-3-5-13(17)10-20/h3-8H,11H2,1-2H3. The molecule has 0 N–H and O–H groups in total. The molecule has 0 spiro atoms. The number of para-hydroxylation sites is 1. The number of fused-ring (bicyclic) bond motifs is 1. The third-order valence-corrected chi connectivity index (χ3v) is 4.05. The van der Waals surface area contributed by atoms with Crippen molar-refractivity contribution < 1.29 is 4.65 Å². The lowest BCUT2D eigenvalue weighted by molar-refractivity contribution is 0.333. The fourth-order valence-corrected chi connectivity index (χ4v) is 2.84. The number of nitriles is 2. The summed E-state index contributed by atoms with van der Waals surface area (Å²) in [6.07, 6.45) is 0. The zero-order valence-corrected chi connectivity index (χ0v) is 12.5. The molecular weight excluding hydrogens is 273 g/mol. The van der Waals surface area contributed by atoms with Crippen molar-refractivity contribution in [3.63, 3.8) is 0 Å². The summed E-state index contributed by atoms with van der Waals surface area (Å²) in [7, 11) is 1.87. The maximum atomic E-state index is 9.32. The first-order valence-electron chi connectivity index (χ1n) is 7.07. The molecule has 0 unspecified atom stereocenters. The van der Waals surface area contributed by atoms with Crippen molar-refractivity contribution in [3.8, 4) is 12.1 Å². The number of hydrogen-bond donors (Lipinski definition) is 0. The van der Waals surface area contributed by atoms with Gasteiger partial charge in [0.2, 0.25) is 0 Å². The van der Waals surface area contributed by atoms with E-state index in [0.29, 0.717) is 23.4 Å². The highest BCUT2D eigenvalue weighted by Gasteiger charge is 2.24. The molecule has 0 bridgehead atoms. The van der Waals surface area contributed by atoms with E-state index in [9.17, 15) is 10.5 Å². The quantitative estimate of drug-likeness (QED) is 0.796. The van der Waals surface area contributed by atoms with Crippen molar-refractivity contribution in [3.05, 3.63) is 53.1 Å². The van der Waals surface area contributed by atoms with Crippen LogP contribution in [0.2, 0.25) is 6.82 Å². The van der Waals surface area contributed by atoms with Gasteiger partial charge in [0, 0.05) is 12.7 Å². The molecule has 0 atom stereocenters. The Balaban J connectivity index is 2.08. The molecular formula is C17H14BN3O. The van der Waals surface area contributed by atoms with Crippen LogP contribution >= 0.6 is 0 Å². The highest BCUT2D eigenvalue weighted by molar-refractivity contribution is 6.67. The van der Waals surface area contributed by atoms with Gasteiger partial charge >= 0.3 is 6.92 Å². The summed E-state index contributed by atoms with van der Waals surface area (Å²) in [6.45, 7) is 2.76. The van der Waals surface area contributed by atoms with Crippen LogP contribution in [0.5, 0.6) is 0 Å². The van der Waals surface area contributed by atoms with E-state index in [-0.39, 0.29) is 6.92 Å². The van der Waals surface area contributed by atoms with Crippen molar-refractivity contribution in [2.75, 3.05) is 11.9 Å². The molecule has 0 aliphatic carbocycles. The summed E-state index contributed by atoms with van der Waals surface area (Å²) >= 11 is 0. The Hall–Kier alpha value is -2.76. The molecule has 1 heterocycles. The lowest BCUT2D eigenvalue weighted by Crippen LogP contribution is -2.24. The molecule has 0 saturated carbocycles. The Labute approximate surface area is 130 Å². The fraction of sp³-hybridized carbons (Fsp3) is 0.176. The van der Waals surface area contributed by atoms with Crippen molar-refractivity contribution in [1.29, 1.82) is 10.5 Å². The Morgan fingerprint density at radius 3 is 2.45 bits per heavy atom. The molecule has 2 aromatic rings. The average molecular weight is 287 g/mol. The summed E-state index contributed by atoms with van der Waals surface area (Å²) in [4.78, 5) is 1.89. The minimum absolute atomic E-state index is 0.121. The molecule has 0 amide bonds. The van der Waals surface area contributed by atoms with E-state index < -0.39 is 0 Å². The van der Waals surface area contributed by atoms with Crippen molar-refractivity contribution in [1.82, 2.24) is 0 Å². The van der Waals surface area contributed by atoms with Crippen LogP contribution in [0.4, 0.5) is 11.4 Å². The van der Waals surface area contributed by atoms with E-state index >= 15 is 0 Å². The normalized spacial score (nSPS) is 12.5. The van der Waals surface area contributed by atoms with Crippen LogP contribution in [0.25, 0.3) is 0 Å². The van der Waals surface area contributed by atoms with Gasteiger partial charge < -0.3 is 9.55 Å². The molecule has 1 aliphatic rings. The van der Waals surface area contributed by atoms with Crippen LogP contribution in [0.15, 0.2) is 36.4 Å². The van der Waals surface area contributed by atoms with Gasteiger partial charge in [-0.15, -0.1) is 0 Å². The van der Waals surface area contributed by atoms with Crippen molar-refractivity contribution >= 4 is 23.8 Å². The SMILES string of the molecule is CB1OCc2cc(N(C)c3c(C#N)cccc3C#N)ccc21. The van der Waals surface area contributed by atoms with Gasteiger partial charge in [-0.05, 0) is 35.3 Å². The second-order valence-corrected chi connectivity index (χ2v) is 5.32. The van der Waals surface area contributed by atoms with Gasteiger partial charge in [-0.2, -0.15) is 10.5 Å². The van der Waals surface area contributed by atoms with Gasteiger partial charge in [0.25, 0.3) is 0 Å². The molecule has 0 fully saturated rings. The van der Waals surface area contributed by atoms with Crippen LogP contribution in [0.1, 0.15) is 16.7 Å². The molecule has 3 rings (SSSR count). The summed E-state index contributed by atoms with van der Waals surface area (Å²) in [5.41, 5.74) is 4.92. The second-order valence-electron chi connectivity index (χ2n) is 5.32. The zero-order valence-electron chi connectivity index (χ0n) is 12.5. The van der Waals surface area contributed by atoms with Gasteiger partial charge in [-0.25, -0.2) is 0 Å². The number of rotatable bonds is 2. The van der Waals surface area contributed by atoms with E-state index in [0.717, 1.165) is 11.3 Å². The van der Waals surface area contributed by atoms with Gasteiger partial charge in [0.15, 0.2) is 0 Å². The predicted molar refractivity (Wildman–Crippen MR) is 86.4 cm³/mol. The topological polar surface area (TPSA) is 60.0 Å². The van der Waals surface area contributed by atoms with Gasteiger partial charge in [-0.1, -0.05) is 19.0 Å².